The molecule has 0 aliphatic heterocycles. The third-order valence-electron chi connectivity index (χ3n) is 3.86. The average Bonchev–Trinajstić information content (AvgIpc) is 3.18. The van der Waals surface area contributed by atoms with Crippen LogP contribution in [0.4, 0.5) is 0 Å². The SMILES string of the molecule is COc1ccc(Cl)cc1-c1nc(S/C(=C\c2cc(I)c(O)c(OC)c2)C(=O)O)n[nH]1. The fourth-order valence-electron chi connectivity index (χ4n) is 2.50. The van der Waals surface area contributed by atoms with Crippen LogP contribution in [0, 0.1) is 3.57 Å². The lowest BCUT2D eigenvalue weighted by atomic mass is 10.2. The van der Waals surface area contributed by atoms with Gasteiger partial charge in [-0.15, -0.1) is 5.10 Å². The van der Waals surface area contributed by atoms with Crippen molar-refractivity contribution in [2.75, 3.05) is 14.2 Å². The summed E-state index contributed by atoms with van der Waals surface area (Å²) < 4.78 is 11.0. The fourth-order valence-corrected chi connectivity index (χ4v) is 4.00. The number of aliphatic carboxylic acids is 1. The Morgan fingerprint density at radius 2 is 1.97 bits per heavy atom. The number of phenolic OH excluding ortho intramolecular Hbond substituents is 1. The predicted molar refractivity (Wildman–Crippen MR) is 122 cm³/mol. The molecule has 0 radical (unpaired) electrons. The van der Waals surface area contributed by atoms with Crippen LogP contribution in [-0.2, 0) is 4.79 Å². The Labute approximate surface area is 194 Å². The molecular formula is C19H15ClIN3O5S. The number of carboxylic acids is 1. The Bertz CT molecular complexity index is 1140. The number of phenols is 1. The number of methoxy groups -OCH3 is 2. The summed E-state index contributed by atoms with van der Waals surface area (Å²) >= 11 is 8.87. The first-order chi connectivity index (χ1) is 14.3. The van der Waals surface area contributed by atoms with E-state index < -0.39 is 5.97 Å². The Morgan fingerprint density at radius 1 is 1.23 bits per heavy atom. The largest absolute Gasteiger partial charge is 0.504 e. The second-order valence-electron chi connectivity index (χ2n) is 5.78. The summed E-state index contributed by atoms with van der Waals surface area (Å²) in [6, 6.07) is 8.25. The van der Waals surface area contributed by atoms with Gasteiger partial charge in [-0.25, -0.2) is 9.78 Å². The Kier molecular flexibility index (Phi) is 7.10. The molecule has 3 aromatic rings. The zero-order chi connectivity index (χ0) is 21.8. The second kappa shape index (κ2) is 9.58. The van der Waals surface area contributed by atoms with Gasteiger partial charge >= 0.3 is 5.97 Å². The maximum atomic E-state index is 11.8. The molecule has 1 heterocycles. The summed E-state index contributed by atoms with van der Waals surface area (Å²) in [5.41, 5.74) is 1.15. The number of aromatic amines is 1. The van der Waals surface area contributed by atoms with Gasteiger partial charge in [0.25, 0.3) is 0 Å². The highest BCUT2D eigenvalue weighted by Gasteiger charge is 2.17. The van der Waals surface area contributed by atoms with E-state index >= 15 is 0 Å². The number of halogens is 2. The molecule has 0 saturated heterocycles. The molecule has 3 rings (SSSR count). The van der Waals surface area contributed by atoms with Crippen LogP contribution in [0.5, 0.6) is 17.2 Å². The van der Waals surface area contributed by atoms with Crippen molar-refractivity contribution in [2.24, 2.45) is 0 Å². The van der Waals surface area contributed by atoms with Crippen molar-refractivity contribution in [1.29, 1.82) is 0 Å². The van der Waals surface area contributed by atoms with Crippen LogP contribution >= 0.6 is 46.0 Å². The molecule has 0 fully saturated rings. The van der Waals surface area contributed by atoms with E-state index in [1.54, 1.807) is 30.3 Å². The van der Waals surface area contributed by atoms with Crippen LogP contribution in [0.2, 0.25) is 5.02 Å². The van der Waals surface area contributed by atoms with Crippen LogP contribution in [-0.4, -0.2) is 45.6 Å². The van der Waals surface area contributed by atoms with E-state index in [0.717, 1.165) is 11.8 Å². The number of aromatic hydroxyl groups is 1. The topological polar surface area (TPSA) is 118 Å². The normalized spacial score (nSPS) is 11.4. The van der Waals surface area contributed by atoms with Gasteiger partial charge in [-0.3, -0.25) is 5.10 Å². The fraction of sp³-hybridized carbons (Fsp3) is 0.105. The summed E-state index contributed by atoms with van der Waals surface area (Å²) in [6.45, 7) is 0. The molecule has 3 N–H and O–H groups in total. The molecule has 11 heteroatoms. The Hall–Kier alpha value is -2.44. The molecule has 8 nitrogen and oxygen atoms in total. The predicted octanol–water partition coefficient (Wildman–Crippen LogP) is 4.67. The van der Waals surface area contributed by atoms with Gasteiger partial charge in [0.2, 0.25) is 5.16 Å². The average molecular weight is 560 g/mol. The minimum absolute atomic E-state index is 0.00569. The van der Waals surface area contributed by atoms with Gasteiger partial charge in [-0.2, -0.15) is 0 Å². The molecule has 1 aromatic heterocycles. The zero-order valence-corrected chi connectivity index (χ0v) is 19.4. The third kappa shape index (κ3) is 4.99. The zero-order valence-electron chi connectivity index (χ0n) is 15.6. The van der Waals surface area contributed by atoms with E-state index in [9.17, 15) is 15.0 Å². The summed E-state index contributed by atoms with van der Waals surface area (Å²) in [7, 11) is 2.95. The highest BCUT2D eigenvalue weighted by molar-refractivity contribution is 14.1. The van der Waals surface area contributed by atoms with Crippen LogP contribution in [0.3, 0.4) is 0 Å². The summed E-state index contributed by atoms with van der Waals surface area (Å²) in [4.78, 5) is 16.1. The van der Waals surface area contributed by atoms with Crippen LogP contribution in [0.1, 0.15) is 5.56 Å². The first-order valence-corrected chi connectivity index (χ1v) is 10.6. The number of thioether (sulfide) groups is 1. The number of hydrogen-bond acceptors (Lipinski definition) is 7. The van der Waals surface area contributed by atoms with E-state index in [1.807, 2.05) is 22.6 Å². The molecule has 0 amide bonds. The molecule has 0 saturated carbocycles. The van der Waals surface area contributed by atoms with Crippen LogP contribution < -0.4 is 9.47 Å². The van der Waals surface area contributed by atoms with Crippen molar-refractivity contribution in [3.63, 3.8) is 0 Å². The Balaban J connectivity index is 1.93. The molecule has 0 bridgehead atoms. The van der Waals surface area contributed by atoms with E-state index in [4.69, 9.17) is 21.1 Å². The quantitative estimate of drug-likeness (QED) is 0.217. The molecule has 0 atom stereocenters. The van der Waals surface area contributed by atoms with Gasteiger partial charge in [-0.05, 0) is 76.3 Å². The number of nitrogens with zero attached hydrogens (tertiary/aromatic N) is 2. The first-order valence-electron chi connectivity index (χ1n) is 8.28. The van der Waals surface area contributed by atoms with Crippen molar-refractivity contribution in [2.45, 2.75) is 5.16 Å². The monoisotopic (exact) mass is 559 g/mol. The lowest BCUT2D eigenvalue weighted by Gasteiger charge is -2.07. The van der Waals surface area contributed by atoms with Crippen LogP contribution in [0.25, 0.3) is 17.5 Å². The van der Waals surface area contributed by atoms with Gasteiger partial charge < -0.3 is 19.7 Å². The minimum Gasteiger partial charge on any atom is -0.504 e. The van der Waals surface area contributed by atoms with Crippen molar-refractivity contribution < 1.29 is 24.5 Å². The van der Waals surface area contributed by atoms with E-state index in [1.165, 1.54) is 20.3 Å². The lowest BCUT2D eigenvalue weighted by molar-refractivity contribution is -0.131. The maximum Gasteiger partial charge on any atom is 0.342 e. The number of rotatable bonds is 7. The highest BCUT2D eigenvalue weighted by atomic mass is 127. The van der Waals surface area contributed by atoms with Crippen molar-refractivity contribution in [3.8, 4) is 28.6 Å². The maximum absolute atomic E-state index is 11.8. The number of H-pyrrole nitrogens is 1. The number of carboxylic acid groups (broad SMARTS) is 1. The molecular weight excluding hydrogens is 545 g/mol. The molecule has 0 aliphatic carbocycles. The van der Waals surface area contributed by atoms with Gasteiger partial charge in [-0.1, -0.05) is 11.6 Å². The summed E-state index contributed by atoms with van der Waals surface area (Å²) in [6.07, 6.45) is 1.45. The Morgan fingerprint density at radius 3 is 2.63 bits per heavy atom. The number of benzene rings is 2. The number of hydrogen-bond donors (Lipinski definition) is 3. The first kappa shape index (κ1) is 22.2. The number of aromatic nitrogens is 3. The van der Waals surface area contributed by atoms with E-state index in [-0.39, 0.29) is 21.6 Å². The number of carbonyl (C=O) groups is 1. The summed E-state index contributed by atoms with van der Waals surface area (Å²) in [5.74, 6) is 0.0352. The molecule has 156 valence electrons. The molecule has 0 unspecified atom stereocenters. The standard InChI is InChI=1S/C19H15ClIN3O5S/c1-28-13-4-3-10(20)8-11(13)17-22-19(24-23-17)30-15(18(26)27)7-9-5-12(21)16(25)14(6-9)29-2/h3-8,25H,1-2H3,(H,26,27)(H,22,23,24)/b15-7-. The van der Waals surface area contributed by atoms with Crippen molar-refractivity contribution >= 4 is 58.0 Å². The lowest BCUT2D eigenvalue weighted by Crippen LogP contribution is -1.98. The number of nitrogens with one attached hydrogen (secondary N) is 1. The van der Waals surface area contributed by atoms with E-state index in [2.05, 4.69) is 15.2 Å². The summed E-state index contributed by atoms with van der Waals surface area (Å²) in [5, 5.41) is 27.1. The molecule has 2 aromatic carbocycles. The molecule has 0 aliphatic rings. The molecule has 0 spiro atoms. The highest BCUT2D eigenvalue weighted by Crippen LogP contribution is 2.35. The third-order valence-corrected chi connectivity index (χ3v) is 5.80. The van der Waals surface area contributed by atoms with Crippen LogP contribution in [0.15, 0.2) is 40.4 Å². The van der Waals surface area contributed by atoms with Gasteiger partial charge in [0.05, 0.1) is 23.4 Å². The second-order valence-corrected chi connectivity index (χ2v) is 8.39. The van der Waals surface area contributed by atoms with Gasteiger partial charge in [0.1, 0.15) is 10.7 Å². The molecule has 30 heavy (non-hydrogen) atoms. The van der Waals surface area contributed by atoms with Gasteiger partial charge in [0, 0.05) is 5.02 Å². The van der Waals surface area contributed by atoms with E-state index in [0.29, 0.717) is 31.3 Å². The number of ether oxygens (including phenoxy) is 2. The minimum atomic E-state index is -1.14. The van der Waals surface area contributed by atoms with Crippen molar-refractivity contribution in [3.05, 3.63) is 49.4 Å². The smallest absolute Gasteiger partial charge is 0.342 e. The van der Waals surface area contributed by atoms with Gasteiger partial charge in [0.15, 0.2) is 17.3 Å². The van der Waals surface area contributed by atoms with Crippen molar-refractivity contribution in [1.82, 2.24) is 15.2 Å².